The van der Waals surface area contributed by atoms with Crippen molar-refractivity contribution in [2.24, 2.45) is 0 Å². The van der Waals surface area contributed by atoms with Crippen molar-refractivity contribution >= 4 is 0 Å². The molecule has 0 bridgehead atoms. The molecule has 0 amide bonds. The molecule has 1 N–H and O–H groups in total. The topological polar surface area (TPSA) is 61.3 Å². The van der Waals surface area contributed by atoms with E-state index in [0.29, 0.717) is 12.2 Å². The molecule has 0 unspecified atom stereocenters. The fourth-order valence-electron chi connectivity index (χ4n) is 3.78. The van der Waals surface area contributed by atoms with Gasteiger partial charge in [0.05, 0.1) is 0 Å². The van der Waals surface area contributed by atoms with Crippen molar-refractivity contribution in [3.05, 3.63) is 67.5 Å². The molecule has 0 aliphatic heterocycles. The Kier molecular flexibility index (Phi) is 10.5. The molecule has 0 saturated heterocycles. The SMILES string of the molecule is CCCCCCCCn1c(C#Cc2cc(CN(C)C)cc(CN(C)C)c2)cc(=O)[nH]c1=O. The molecule has 0 atom stereocenters. The Morgan fingerprint density at radius 2 is 1.41 bits per heavy atom. The van der Waals surface area contributed by atoms with Gasteiger partial charge in [0.25, 0.3) is 5.56 Å². The lowest BCUT2D eigenvalue weighted by molar-refractivity contribution is 0.395. The summed E-state index contributed by atoms with van der Waals surface area (Å²) in [5.74, 6) is 6.30. The largest absolute Gasteiger partial charge is 0.329 e. The molecule has 0 fully saturated rings. The highest BCUT2D eigenvalue weighted by molar-refractivity contribution is 5.44. The maximum atomic E-state index is 12.4. The Labute approximate surface area is 192 Å². The average Bonchev–Trinajstić information content (AvgIpc) is 2.69. The van der Waals surface area contributed by atoms with Crippen molar-refractivity contribution in [1.29, 1.82) is 0 Å². The van der Waals surface area contributed by atoms with Gasteiger partial charge < -0.3 is 9.80 Å². The van der Waals surface area contributed by atoms with Gasteiger partial charge in [0.15, 0.2) is 0 Å². The van der Waals surface area contributed by atoms with E-state index in [-0.39, 0.29) is 5.69 Å². The quantitative estimate of drug-likeness (QED) is 0.431. The molecule has 0 aliphatic carbocycles. The lowest BCUT2D eigenvalue weighted by Gasteiger charge is -2.14. The minimum atomic E-state index is -0.409. The van der Waals surface area contributed by atoms with Gasteiger partial charge >= 0.3 is 5.69 Å². The molecule has 0 radical (unpaired) electrons. The van der Waals surface area contributed by atoms with Gasteiger partial charge in [0.2, 0.25) is 0 Å². The number of aromatic amines is 1. The minimum absolute atomic E-state index is 0.384. The molecular formula is C26H38N4O2. The van der Waals surface area contributed by atoms with Gasteiger partial charge in [0.1, 0.15) is 5.69 Å². The minimum Gasteiger partial charge on any atom is -0.305 e. The summed E-state index contributed by atoms with van der Waals surface area (Å²) in [6.45, 7) is 4.41. The highest BCUT2D eigenvalue weighted by Gasteiger charge is 2.06. The first-order valence-corrected chi connectivity index (χ1v) is 11.6. The van der Waals surface area contributed by atoms with E-state index in [1.54, 1.807) is 4.57 Å². The van der Waals surface area contributed by atoms with Crippen molar-refractivity contribution in [1.82, 2.24) is 19.4 Å². The average molecular weight is 439 g/mol. The summed E-state index contributed by atoms with van der Waals surface area (Å²) in [5, 5.41) is 0. The van der Waals surface area contributed by atoms with E-state index in [9.17, 15) is 9.59 Å². The van der Waals surface area contributed by atoms with Gasteiger partial charge in [-0.25, -0.2) is 4.79 Å². The van der Waals surface area contributed by atoms with E-state index in [4.69, 9.17) is 0 Å². The second-order valence-electron chi connectivity index (χ2n) is 9.01. The highest BCUT2D eigenvalue weighted by Crippen LogP contribution is 2.13. The lowest BCUT2D eigenvalue weighted by Crippen LogP contribution is -2.31. The van der Waals surface area contributed by atoms with Crippen LogP contribution in [0.15, 0.2) is 33.9 Å². The maximum Gasteiger partial charge on any atom is 0.329 e. The molecule has 0 saturated carbocycles. The van der Waals surface area contributed by atoms with Crippen LogP contribution in [-0.2, 0) is 19.6 Å². The molecule has 1 aromatic carbocycles. The number of hydrogen-bond acceptors (Lipinski definition) is 4. The number of nitrogens with one attached hydrogen (secondary N) is 1. The van der Waals surface area contributed by atoms with Crippen LogP contribution in [0.25, 0.3) is 0 Å². The number of rotatable bonds is 11. The predicted octanol–water partition coefficient (Wildman–Crippen LogP) is 3.42. The van der Waals surface area contributed by atoms with Gasteiger partial charge in [-0.2, -0.15) is 0 Å². The first kappa shape index (κ1) is 25.6. The fraction of sp³-hybridized carbons (Fsp3) is 0.538. The normalized spacial score (nSPS) is 11.1. The second kappa shape index (κ2) is 13.0. The molecule has 1 heterocycles. The summed E-state index contributed by atoms with van der Waals surface area (Å²) in [4.78, 5) is 31.0. The Morgan fingerprint density at radius 3 is 2.00 bits per heavy atom. The first-order chi connectivity index (χ1) is 15.3. The standard InChI is InChI=1S/C26H38N4O2/c1-6-7-8-9-10-11-14-30-24(18-25(31)27-26(30)32)13-12-21-15-22(19-28(2)3)17-23(16-21)20-29(4)5/h15-18H,6-11,14,19-20H2,1-5H3,(H,27,31,32). The second-order valence-corrected chi connectivity index (χ2v) is 9.01. The third-order valence-electron chi connectivity index (χ3n) is 5.15. The van der Waals surface area contributed by atoms with Crippen LogP contribution in [0.1, 0.15) is 67.8 Å². The summed E-state index contributed by atoms with van der Waals surface area (Å²) in [6, 6.07) is 7.79. The Hall–Kier alpha value is -2.62. The summed E-state index contributed by atoms with van der Waals surface area (Å²) in [7, 11) is 8.17. The molecule has 0 spiro atoms. The third kappa shape index (κ3) is 8.86. The van der Waals surface area contributed by atoms with Crippen LogP contribution >= 0.6 is 0 Å². The summed E-state index contributed by atoms with van der Waals surface area (Å²) < 4.78 is 1.60. The number of H-pyrrole nitrogens is 1. The zero-order valence-electron chi connectivity index (χ0n) is 20.3. The van der Waals surface area contributed by atoms with E-state index in [2.05, 4.69) is 51.7 Å². The molecule has 6 nitrogen and oxygen atoms in total. The summed E-state index contributed by atoms with van der Waals surface area (Å²) in [5.41, 5.74) is 2.95. The number of nitrogens with zero attached hydrogens (tertiary/aromatic N) is 3. The van der Waals surface area contributed by atoms with Gasteiger partial charge in [-0.15, -0.1) is 0 Å². The number of benzene rings is 1. The third-order valence-corrected chi connectivity index (χ3v) is 5.15. The van der Waals surface area contributed by atoms with E-state index in [1.807, 2.05) is 28.2 Å². The zero-order valence-corrected chi connectivity index (χ0v) is 20.3. The summed E-state index contributed by atoms with van der Waals surface area (Å²) >= 11 is 0. The molecule has 0 aliphatic rings. The Bertz CT molecular complexity index is 1010. The number of aromatic nitrogens is 2. The molecule has 6 heteroatoms. The van der Waals surface area contributed by atoms with E-state index < -0.39 is 5.56 Å². The van der Waals surface area contributed by atoms with Gasteiger partial charge in [-0.3, -0.25) is 14.3 Å². The van der Waals surface area contributed by atoms with Gasteiger partial charge in [-0.05, 0) is 63.8 Å². The molecule has 2 aromatic rings. The zero-order chi connectivity index (χ0) is 23.5. The molecule has 174 valence electrons. The van der Waals surface area contributed by atoms with Crippen LogP contribution in [0.5, 0.6) is 0 Å². The van der Waals surface area contributed by atoms with Crippen molar-refractivity contribution < 1.29 is 0 Å². The van der Waals surface area contributed by atoms with Crippen LogP contribution in [0, 0.1) is 11.8 Å². The molecular weight excluding hydrogens is 400 g/mol. The highest BCUT2D eigenvalue weighted by atomic mass is 16.2. The van der Waals surface area contributed by atoms with Crippen LogP contribution in [0.3, 0.4) is 0 Å². The van der Waals surface area contributed by atoms with E-state index >= 15 is 0 Å². The van der Waals surface area contributed by atoms with Gasteiger partial charge in [-0.1, -0.05) is 51.0 Å². The van der Waals surface area contributed by atoms with Crippen molar-refractivity contribution in [2.45, 2.75) is 65.1 Å². The molecule has 1 aromatic heterocycles. The Morgan fingerprint density at radius 1 is 0.812 bits per heavy atom. The Balaban J connectivity index is 2.29. The fourth-order valence-corrected chi connectivity index (χ4v) is 3.78. The van der Waals surface area contributed by atoms with Crippen molar-refractivity contribution in [3.8, 4) is 11.8 Å². The van der Waals surface area contributed by atoms with Crippen LogP contribution in [-0.4, -0.2) is 47.5 Å². The molecule has 32 heavy (non-hydrogen) atoms. The van der Waals surface area contributed by atoms with Crippen molar-refractivity contribution in [2.75, 3.05) is 28.2 Å². The van der Waals surface area contributed by atoms with Gasteiger partial charge in [0, 0.05) is 31.3 Å². The number of hydrogen-bond donors (Lipinski definition) is 1. The number of unbranched alkanes of at least 4 members (excludes halogenated alkanes) is 5. The maximum absolute atomic E-state index is 12.4. The van der Waals surface area contributed by atoms with E-state index in [1.165, 1.54) is 42.9 Å². The smallest absolute Gasteiger partial charge is 0.305 e. The van der Waals surface area contributed by atoms with Crippen molar-refractivity contribution in [3.63, 3.8) is 0 Å². The molecule has 2 rings (SSSR count). The predicted molar refractivity (Wildman–Crippen MR) is 132 cm³/mol. The first-order valence-electron chi connectivity index (χ1n) is 11.6. The van der Waals surface area contributed by atoms with Crippen LogP contribution in [0.2, 0.25) is 0 Å². The monoisotopic (exact) mass is 438 g/mol. The lowest BCUT2D eigenvalue weighted by atomic mass is 10.0. The summed E-state index contributed by atoms with van der Waals surface area (Å²) in [6.07, 6.45) is 6.82. The van der Waals surface area contributed by atoms with Crippen LogP contribution < -0.4 is 11.2 Å². The van der Waals surface area contributed by atoms with E-state index in [0.717, 1.165) is 31.5 Å². The van der Waals surface area contributed by atoms with Crippen LogP contribution in [0.4, 0.5) is 0 Å².